The minimum Gasteiger partial charge on any atom is -0.489 e. The fraction of sp³-hybridized carbons (Fsp3) is 0.562. The zero-order chi connectivity index (χ0) is 15.9. The molecule has 0 spiro atoms. The third kappa shape index (κ3) is 5.97. The maximum absolute atomic E-state index is 13.4. The Morgan fingerprint density at radius 1 is 1.48 bits per heavy atom. The molecule has 5 nitrogen and oxygen atoms in total. The zero-order valence-electron chi connectivity index (χ0n) is 13.6. The highest BCUT2D eigenvalue weighted by atomic mass is 35.5. The largest absolute Gasteiger partial charge is 0.489 e. The molecule has 1 N–H and O–H groups in total. The van der Waals surface area contributed by atoms with Crippen molar-refractivity contribution in [2.75, 3.05) is 46.4 Å². The molecular weight excluding hydrogens is 321 g/mol. The average molecular weight is 346 g/mol. The summed E-state index contributed by atoms with van der Waals surface area (Å²) in [4.78, 5) is 16.0. The van der Waals surface area contributed by atoms with Gasteiger partial charge in [0, 0.05) is 32.7 Å². The summed E-state index contributed by atoms with van der Waals surface area (Å²) in [6, 6.07) is 6.64. The first-order valence-electron chi connectivity index (χ1n) is 7.64. The molecule has 1 saturated heterocycles. The van der Waals surface area contributed by atoms with Crippen LogP contribution in [-0.2, 0) is 4.79 Å². The number of ether oxygens (including phenoxy) is 1. The van der Waals surface area contributed by atoms with Gasteiger partial charge in [0.15, 0.2) is 11.6 Å². The van der Waals surface area contributed by atoms with Crippen molar-refractivity contribution in [1.82, 2.24) is 15.1 Å². The van der Waals surface area contributed by atoms with Crippen LogP contribution in [0.3, 0.4) is 0 Å². The standard InChI is InChI=1S/C16H24FN3O2.ClH/c1-13-11-18-7-8-20(13)12-16(21)19(2)9-10-22-15-6-4-3-5-14(15)17;/h3-6,13,18H,7-12H2,1-2H3;1H/t13-;/m0./s1. The van der Waals surface area contributed by atoms with Crippen LogP contribution in [0.1, 0.15) is 6.92 Å². The van der Waals surface area contributed by atoms with Gasteiger partial charge in [0.25, 0.3) is 0 Å². The number of likely N-dealkylation sites (N-methyl/N-ethyl adjacent to an activating group) is 1. The van der Waals surface area contributed by atoms with E-state index in [0.29, 0.717) is 19.1 Å². The summed E-state index contributed by atoms with van der Waals surface area (Å²) in [5, 5.41) is 3.30. The summed E-state index contributed by atoms with van der Waals surface area (Å²) in [6.07, 6.45) is 0. The van der Waals surface area contributed by atoms with Gasteiger partial charge in [0.1, 0.15) is 6.61 Å². The topological polar surface area (TPSA) is 44.8 Å². The van der Waals surface area contributed by atoms with E-state index < -0.39 is 0 Å². The molecule has 2 rings (SSSR count). The van der Waals surface area contributed by atoms with Crippen LogP contribution in [0.5, 0.6) is 5.75 Å². The van der Waals surface area contributed by atoms with Gasteiger partial charge in [-0.3, -0.25) is 9.69 Å². The fourth-order valence-corrected chi connectivity index (χ4v) is 2.39. The molecule has 0 bridgehead atoms. The van der Waals surface area contributed by atoms with Crippen molar-refractivity contribution in [1.29, 1.82) is 0 Å². The highest BCUT2D eigenvalue weighted by molar-refractivity contribution is 5.85. The molecule has 0 radical (unpaired) electrons. The van der Waals surface area contributed by atoms with E-state index in [-0.39, 0.29) is 36.5 Å². The van der Waals surface area contributed by atoms with Gasteiger partial charge in [-0.1, -0.05) is 12.1 Å². The van der Waals surface area contributed by atoms with Gasteiger partial charge in [-0.25, -0.2) is 4.39 Å². The Labute approximate surface area is 143 Å². The lowest BCUT2D eigenvalue weighted by Gasteiger charge is -2.34. The van der Waals surface area contributed by atoms with Crippen LogP contribution in [0, 0.1) is 5.82 Å². The first-order valence-corrected chi connectivity index (χ1v) is 7.64. The normalized spacial score (nSPS) is 18.1. The highest BCUT2D eigenvalue weighted by Gasteiger charge is 2.21. The number of piperazine rings is 1. The number of carbonyl (C=O) groups excluding carboxylic acids is 1. The molecule has 0 aromatic heterocycles. The van der Waals surface area contributed by atoms with E-state index in [0.717, 1.165) is 19.6 Å². The summed E-state index contributed by atoms with van der Waals surface area (Å²) in [6.45, 7) is 5.95. The third-order valence-corrected chi connectivity index (χ3v) is 3.92. The molecule has 1 fully saturated rings. The lowest BCUT2D eigenvalue weighted by atomic mass is 10.2. The van der Waals surface area contributed by atoms with Crippen LogP contribution in [0.2, 0.25) is 0 Å². The molecule has 0 aliphatic carbocycles. The number of halogens is 2. The summed E-state index contributed by atoms with van der Waals surface area (Å²) in [7, 11) is 1.75. The lowest BCUT2D eigenvalue weighted by Crippen LogP contribution is -2.53. The highest BCUT2D eigenvalue weighted by Crippen LogP contribution is 2.15. The maximum Gasteiger partial charge on any atom is 0.236 e. The van der Waals surface area contributed by atoms with E-state index in [9.17, 15) is 9.18 Å². The molecule has 1 heterocycles. The third-order valence-electron chi connectivity index (χ3n) is 3.92. The van der Waals surface area contributed by atoms with Crippen LogP contribution < -0.4 is 10.1 Å². The first kappa shape index (κ1) is 19.7. The quantitative estimate of drug-likeness (QED) is 0.846. The number of nitrogens with zero attached hydrogens (tertiary/aromatic N) is 2. The van der Waals surface area contributed by atoms with E-state index in [4.69, 9.17) is 4.74 Å². The van der Waals surface area contributed by atoms with Crippen LogP contribution in [0.4, 0.5) is 4.39 Å². The predicted molar refractivity (Wildman–Crippen MR) is 90.7 cm³/mol. The number of nitrogens with one attached hydrogen (secondary N) is 1. The second kappa shape index (κ2) is 9.70. The van der Waals surface area contributed by atoms with Gasteiger partial charge in [-0.2, -0.15) is 0 Å². The Morgan fingerprint density at radius 3 is 2.91 bits per heavy atom. The molecule has 1 atom stereocenters. The van der Waals surface area contributed by atoms with E-state index in [2.05, 4.69) is 17.1 Å². The van der Waals surface area contributed by atoms with E-state index in [1.807, 2.05) is 0 Å². The smallest absolute Gasteiger partial charge is 0.236 e. The lowest BCUT2D eigenvalue weighted by molar-refractivity contribution is -0.132. The average Bonchev–Trinajstić information content (AvgIpc) is 2.51. The van der Waals surface area contributed by atoms with Crippen molar-refractivity contribution in [3.05, 3.63) is 30.1 Å². The molecule has 1 aliphatic rings. The molecule has 0 unspecified atom stereocenters. The van der Waals surface area contributed by atoms with Crippen molar-refractivity contribution >= 4 is 18.3 Å². The second-order valence-corrected chi connectivity index (χ2v) is 5.62. The van der Waals surface area contributed by atoms with Crippen molar-refractivity contribution in [2.45, 2.75) is 13.0 Å². The minimum atomic E-state index is -0.383. The number of hydrogen-bond acceptors (Lipinski definition) is 4. The van der Waals surface area contributed by atoms with Crippen LogP contribution in [0.25, 0.3) is 0 Å². The Morgan fingerprint density at radius 2 is 2.22 bits per heavy atom. The van der Waals surface area contributed by atoms with Gasteiger partial charge in [0.2, 0.25) is 5.91 Å². The van der Waals surface area contributed by atoms with Gasteiger partial charge < -0.3 is 15.0 Å². The summed E-state index contributed by atoms with van der Waals surface area (Å²) in [5.41, 5.74) is 0. The van der Waals surface area contributed by atoms with E-state index >= 15 is 0 Å². The number of carbonyl (C=O) groups is 1. The van der Waals surface area contributed by atoms with Crippen molar-refractivity contribution in [3.8, 4) is 5.75 Å². The molecular formula is C16H25ClFN3O2. The predicted octanol–water partition coefficient (Wildman–Crippen LogP) is 1.38. The Kier molecular flexibility index (Phi) is 8.30. The second-order valence-electron chi connectivity index (χ2n) is 5.62. The van der Waals surface area contributed by atoms with Gasteiger partial charge in [-0.15, -0.1) is 12.4 Å². The number of hydrogen-bond donors (Lipinski definition) is 1. The Balaban J connectivity index is 0.00000264. The SMILES string of the molecule is C[C@H]1CNCCN1CC(=O)N(C)CCOc1ccccc1F.Cl. The first-order chi connectivity index (χ1) is 10.6. The van der Waals surface area contributed by atoms with Gasteiger partial charge >= 0.3 is 0 Å². The number of rotatable bonds is 6. The molecule has 130 valence electrons. The van der Waals surface area contributed by atoms with Gasteiger partial charge in [-0.05, 0) is 19.1 Å². The Hall–Kier alpha value is -1.37. The van der Waals surface area contributed by atoms with Gasteiger partial charge in [0.05, 0.1) is 13.1 Å². The minimum absolute atomic E-state index is 0. The van der Waals surface area contributed by atoms with E-state index in [1.165, 1.54) is 6.07 Å². The van der Waals surface area contributed by atoms with Crippen molar-refractivity contribution < 1.29 is 13.9 Å². The summed E-state index contributed by atoms with van der Waals surface area (Å²) < 4.78 is 18.8. The molecule has 1 amide bonds. The van der Waals surface area contributed by atoms with Crippen molar-refractivity contribution in [3.63, 3.8) is 0 Å². The number of benzene rings is 1. The molecule has 1 aromatic rings. The van der Waals surface area contributed by atoms with Crippen molar-refractivity contribution in [2.24, 2.45) is 0 Å². The maximum atomic E-state index is 13.4. The summed E-state index contributed by atoms with van der Waals surface area (Å²) >= 11 is 0. The zero-order valence-corrected chi connectivity index (χ0v) is 14.4. The molecule has 7 heteroatoms. The Bertz CT molecular complexity index is 504. The molecule has 0 saturated carbocycles. The molecule has 23 heavy (non-hydrogen) atoms. The number of amides is 1. The van der Waals surface area contributed by atoms with Crippen LogP contribution >= 0.6 is 12.4 Å². The van der Waals surface area contributed by atoms with E-state index in [1.54, 1.807) is 30.1 Å². The van der Waals surface area contributed by atoms with Crippen LogP contribution in [-0.4, -0.2) is 68.1 Å². The monoisotopic (exact) mass is 345 g/mol. The molecule has 1 aliphatic heterocycles. The molecule has 1 aromatic carbocycles. The van der Waals surface area contributed by atoms with Crippen LogP contribution in [0.15, 0.2) is 24.3 Å². The number of para-hydroxylation sites is 1. The fourth-order valence-electron chi connectivity index (χ4n) is 2.39. The summed E-state index contributed by atoms with van der Waals surface area (Å²) in [5.74, 6) is -0.101.